The lowest BCUT2D eigenvalue weighted by atomic mass is 10.1. The van der Waals surface area contributed by atoms with Gasteiger partial charge in [0.15, 0.2) is 17.5 Å². The van der Waals surface area contributed by atoms with Crippen molar-refractivity contribution in [3.63, 3.8) is 0 Å². The molecule has 0 unspecified atom stereocenters. The smallest absolute Gasteiger partial charge is 0.188 e. The van der Waals surface area contributed by atoms with Crippen LogP contribution < -0.4 is 25.4 Å². The molecule has 8 heteroatoms. The molecular weight excluding hydrogens is 495 g/mol. The minimum absolute atomic E-state index is 0. The molecule has 0 aliphatic carbocycles. The monoisotopic (exact) mass is 526 g/mol. The molecule has 1 heterocycles. The van der Waals surface area contributed by atoms with Crippen molar-refractivity contribution in [3.8, 4) is 11.5 Å². The van der Waals surface area contributed by atoms with E-state index in [1.165, 1.54) is 5.69 Å². The standard InChI is InChI=1S/C22H30N4O3.HI/c1-27-20-8-5-17(15-21(20)28-2)9-10-24-22(23)25-16-18-3-6-19(7-4-18)26-11-13-29-14-12-26;/h3-8,15H,9-14,16H2,1-2H3,(H3,23,24,25);1H. The van der Waals surface area contributed by atoms with Gasteiger partial charge in [0.1, 0.15) is 0 Å². The molecule has 0 atom stereocenters. The second kappa shape index (κ2) is 12.5. The first-order chi connectivity index (χ1) is 14.2. The van der Waals surface area contributed by atoms with Gasteiger partial charge >= 0.3 is 0 Å². The number of ether oxygens (including phenoxy) is 3. The van der Waals surface area contributed by atoms with Crippen molar-refractivity contribution in [2.24, 2.45) is 10.7 Å². The van der Waals surface area contributed by atoms with E-state index in [0.29, 0.717) is 19.0 Å². The number of anilines is 1. The van der Waals surface area contributed by atoms with Crippen molar-refractivity contribution in [1.82, 2.24) is 5.32 Å². The number of guanidine groups is 1. The average Bonchev–Trinajstić information content (AvgIpc) is 2.78. The van der Waals surface area contributed by atoms with Crippen molar-refractivity contribution in [2.45, 2.75) is 13.0 Å². The molecule has 0 radical (unpaired) electrons. The maximum Gasteiger partial charge on any atom is 0.188 e. The molecule has 2 aromatic rings. The molecule has 2 aromatic carbocycles. The molecule has 7 nitrogen and oxygen atoms in total. The highest BCUT2D eigenvalue weighted by molar-refractivity contribution is 14.0. The van der Waals surface area contributed by atoms with Crippen LogP contribution in [-0.4, -0.2) is 53.0 Å². The SMILES string of the molecule is COc1ccc(CCNC(N)=NCc2ccc(N3CCOCC3)cc2)cc1OC.I. The van der Waals surface area contributed by atoms with Crippen LogP contribution in [0.25, 0.3) is 0 Å². The maximum absolute atomic E-state index is 6.01. The predicted octanol–water partition coefficient (Wildman–Crippen LogP) is 2.81. The first-order valence-electron chi connectivity index (χ1n) is 9.86. The Morgan fingerprint density at radius 2 is 1.70 bits per heavy atom. The number of morpholine rings is 1. The van der Waals surface area contributed by atoms with Crippen LogP contribution in [0, 0.1) is 0 Å². The van der Waals surface area contributed by atoms with Gasteiger partial charge in [-0.15, -0.1) is 24.0 Å². The predicted molar refractivity (Wildman–Crippen MR) is 131 cm³/mol. The quantitative estimate of drug-likeness (QED) is 0.313. The second-order valence-electron chi connectivity index (χ2n) is 6.83. The zero-order chi connectivity index (χ0) is 20.5. The van der Waals surface area contributed by atoms with E-state index in [1.54, 1.807) is 14.2 Å². The third-order valence-electron chi connectivity index (χ3n) is 4.91. The number of nitrogens with one attached hydrogen (secondary N) is 1. The zero-order valence-electron chi connectivity index (χ0n) is 17.6. The van der Waals surface area contributed by atoms with Gasteiger partial charge in [-0.1, -0.05) is 18.2 Å². The lowest BCUT2D eigenvalue weighted by Gasteiger charge is -2.28. The minimum atomic E-state index is 0. The number of rotatable bonds is 8. The summed E-state index contributed by atoms with van der Waals surface area (Å²) in [6, 6.07) is 14.4. The molecule has 3 rings (SSSR count). The van der Waals surface area contributed by atoms with E-state index in [0.717, 1.165) is 55.4 Å². The fourth-order valence-electron chi connectivity index (χ4n) is 3.24. The molecule has 1 aliphatic rings. The third-order valence-corrected chi connectivity index (χ3v) is 4.91. The molecule has 1 saturated heterocycles. The number of benzene rings is 2. The molecule has 0 saturated carbocycles. The first kappa shape index (κ1) is 24.1. The summed E-state index contributed by atoms with van der Waals surface area (Å²) in [5.41, 5.74) is 9.50. The number of methoxy groups -OCH3 is 2. The number of hydrogen-bond acceptors (Lipinski definition) is 5. The topological polar surface area (TPSA) is 81.3 Å². The third kappa shape index (κ3) is 6.94. The fraction of sp³-hybridized carbons (Fsp3) is 0.409. The number of halogens is 1. The zero-order valence-corrected chi connectivity index (χ0v) is 19.9. The van der Waals surface area contributed by atoms with Gasteiger partial charge in [-0.05, 0) is 41.8 Å². The van der Waals surface area contributed by atoms with Crippen LogP contribution in [0.2, 0.25) is 0 Å². The lowest BCUT2D eigenvalue weighted by Crippen LogP contribution is -2.36. The Kier molecular flexibility index (Phi) is 10.0. The van der Waals surface area contributed by atoms with Gasteiger partial charge in [0.25, 0.3) is 0 Å². The van der Waals surface area contributed by atoms with Crippen LogP contribution in [-0.2, 0) is 17.7 Å². The molecule has 0 aromatic heterocycles. The molecule has 0 bridgehead atoms. The molecule has 1 fully saturated rings. The van der Waals surface area contributed by atoms with Gasteiger partial charge in [-0.25, -0.2) is 4.99 Å². The van der Waals surface area contributed by atoms with E-state index in [-0.39, 0.29) is 24.0 Å². The van der Waals surface area contributed by atoms with Crippen molar-refractivity contribution < 1.29 is 14.2 Å². The van der Waals surface area contributed by atoms with Crippen molar-refractivity contribution >= 4 is 35.6 Å². The van der Waals surface area contributed by atoms with Gasteiger partial charge in [0.2, 0.25) is 0 Å². The van der Waals surface area contributed by atoms with Crippen LogP contribution in [0.4, 0.5) is 5.69 Å². The average molecular weight is 526 g/mol. The maximum atomic E-state index is 6.01. The summed E-state index contributed by atoms with van der Waals surface area (Å²) in [6.07, 6.45) is 0.810. The molecule has 1 aliphatic heterocycles. The highest BCUT2D eigenvalue weighted by Crippen LogP contribution is 2.27. The summed E-state index contributed by atoms with van der Waals surface area (Å²) in [7, 11) is 3.27. The Bertz CT molecular complexity index is 809. The lowest BCUT2D eigenvalue weighted by molar-refractivity contribution is 0.122. The number of nitrogens with two attached hydrogens (primary N) is 1. The summed E-state index contributed by atoms with van der Waals surface area (Å²) in [6.45, 7) is 4.71. The summed E-state index contributed by atoms with van der Waals surface area (Å²) in [4.78, 5) is 6.77. The van der Waals surface area contributed by atoms with Crippen molar-refractivity contribution in [1.29, 1.82) is 0 Å². The van der Waals surface area contributed by atoms with E-state index in [4.69, 9.17) is 19.9 Å². The fourth-order valence-corrected chi connectivity index (χ4v) is 3.24. The van der Waals surface area contributed by atoms with Crippen LogP contribution in [0.5, 0.6) is 11.5 Å². The van der Waals surface area contributed by atoms with E-state index >= 15 is 0 Å². The van der Waals surface area contributed by atoms with Gasteiger partial charge in [-0.2, -0.15) is 0 Å². The van der Waals surface area contributed by atoms with Crippen LogP contribution in [0.15, 0.2) is 47.5 Å². The summed E-state index contributed by atoms with van der Waals surface area (Å²) < 4.78 is 16.0. The molecule has 0 spiro atoms. The van der Waals surface area contributed by atoms with E-state index in [2.05, 4.69) is 39.5 Å². The highest BCUT2D eigenvalue weighted by Gasteiger charge is 2.10. The Morgan fingerprint density at radius 3 is 2.37 bits per heavy atom. The van der Waals surface area contributed by atoms with Gasteiger partial charge in [-0.3, -0.25) is 0 Å². The Labute approximate surface area is 195 Å². The summed E-state index contributed by atoms with van der Waals surface area (Å²) in [5.74, 6) is 1.90. The van der Waals surface area contributed by atoms with Crippen LogP contribution in [0.3, 0.4) is 0 Å². The largest absolute Gasteiger partial charge is 0.493 e. The van der Waals surface area contributed by atoms with Crippen LogP contribution in [0.1, 0.15) is 11.1 Å². The number of aliphatic imine (C=N–C) groups is 1. The molecule has 164 valence electrons. The van der Waals surface area contributed by atoms with E-state index < -0.39 is 0 Å². The van der Waals surface area contributed by atoms with E-state index in [9.17, 15) is 0 Å². The number of hydrogen-bond donors (Lipinski definition) is 2. The Morgan fingerprint density at radius 1 is 1.03 bits per heavy atom. The van der Waals surface area contributed by atoms with Crippen molar-refractivity contribution in [2.75, 3.05) is 52.0 Å². The Balaban J connectivity index is 0.00000320. The van der Waals surface area contributed by atoms with Crippen LogP contribution >= 0.6 is 24.0 Å². The molecule has 30 heavy (non-hydrogen) atoms. The summed E-state index contributed by atoms with van der Waals surface area (Å²) >= 11 is 0. The summed E-state index contributed by atoms with van der Waals surface area (Å²) in [5, 5.41) is 3.16. The highest BCUT2D eigenvalue weighted by atomic mass is 127. The molecule has 0 amide bonds. The van der Waals surface area contributed by atoms with E-state index in [1.807, 2.05) is 18.2 Å². The second-order valence-corrected chi connectivity index (χ2v) is 6.83. The number of nitrogens with zero attached hydrogens (tertiary/aromatic N) is 2. The van der Waals surface area contributed by atoms with Crippen molar-refractivity contribution in [3.05, 3.63) is 53.6 Å². The van der Waals surface area contributed by atoms with Gasteiger partial charge in [0.05, 0.1) is 34.0 Å². The molecular formula is C22H31IN4O3. The minimum Gasteiger partial charge on any atom is -0.493 e. The Hall–Kier alpha value is -2.20. The molecule has 3 N–H and O–H groups in total. The van der Waals surface area contributed by atoms with Gasteiger partial charge < -0.3 is 30.2 Å². The normalized spacial score (nSPS) is 14.1. The first-order valence-corrected chi connectivity index (χ1v) is 9.86. The van der Waals surface area contributed by atoms with Gasteiger partial charge in [0, 0.05) is 25.3 Å².